The standard InChI is InChI=1S/C24H21F3O5S/c1-13(2)22(28)30-11-5-6-15-7-9-18-17-10-8-16(31-23(29)14(3)4)12-19(17)33-21(18)20(15)32-24(25,26)27/h7-10,12H,1,3,5-6,11H2,2,4H3. The number of carbonyl (C=O) groups excluding carboxylic acids is 2. The Hall–Kier alpha value is -3.33. The Morgan fingerprint density at radius 2 is 1.67 bits per heavy atom. The zero-order valence-electron chi connectivity index (χ0n) is 18.0. The second kappa shape index (κ2) is 9.66. The molecule has 174 valence electrons. The molecule has 0 spiro atoms. The van der Waals surface area contributed by atoms with Crippen LogP contribution in [-0.2, 0) is 20.7 Å². The summed E-state index contributed by atoms with van der Waals surface area (Å²) in [7, 11) is 0. The van der Waals surface area contributed by atoms with E-state index in [2.05, 4.69) is 17.9 Å². The number of fused-ring (bicyclic) bond motifs is 3. The maximum Gasteiger partial charge on any atom is 0.573 e. The molecule has 0 aliphatic rings. The number of benzene rings is 2. The molecule has 0 atom stereocenters. The lowest BCUT2D eigenvalue weighted by Gasteiger charge is -2.14. The van der Waals surface area contributed by atoms with Crippen LogP contribution < -0.4 is 9.47 Å². The van der Waals surface area contributed by atoms with Crippen LogP contribution >= 0.6 is 11.3 Å². The number of hydrogen-bond acceptors (Lipinski definition) is 6. The summed E-state index contributed by atoms with van der Waals surface area (Å²) in [6, 6.07) is 8.15. The molecule has 1 aromatic heterocycles. The van der Waals surface area contributed by atoms with Crippen molar-refractivity contribution in [3.63, 3.8) is 0 Å². The molecule has 5 nitrogen and oxygen atoms in total. The molecule has 33 heavy (non-hydrogen) atoms. The molecule has 0 radical (unpaired) electrons. The maximum absolute atomic E-state index is 13.2. The summed E-state index contributed by atoms with van der Waals surface area (Å²) < 4.78 is 55.2. The fourth-order valence-corrected chi connectivity index (χ4v) is 4.31. The van der Waals surface area contributed by atoms with Crippen molar-refractivity contribution in [3.8, 4) is 11.5 Å². The fourth-order valence-electron chi connectivity index (χ4n) is 3.07. The predicted molar refractivity (Wildman–Crippen MR) is 121 cm³/mol. The largest absolute Gasteiger partial charge is 0.573 e. The molecule has 1 heterocycles. The minimum Gasteiger partial charge on any atom is -0.462 e. The number of ether oxygens (including phenoxy) is 3. The van der Waals surface area contributed by atoms with E-state index >= 15 is 0 Å². The van der Waals surface area contributed by atoms with Crippen LogP contribution in [0.5, 0.6) is 11.5 Å². The van der Waals surface area contributed by atoms with Gasteiger partial charge in [-0.25, -0.2) is 9.59 Å². The molecule has 0 unspecified atom stereocenters. The van der Waals surface area contributed by atoms with Crippen molar-refractivity contribution in [1.82, 2.24) is 0 Å². The number of halogens is 3. The molecule has 3 rings (SSSR count). The van der Waals surface area contributed by atoms with E-state index in [1.807, 2.05) is 0 Å². The van der Waals surface area contributed by atoms with Gasteiger partial charge in [-0.3, -0.25) is 0 Å². The Morgan fingerprint density at radius 3 is 2.30 bits per heavy atom. The first-order valence-electron chi connectivity index (χ1n) is 9.90. The Labute approximate surface area is 192 Å². The van der Waals surface area contributed by atoms with Gasteiger partial charge in [0.2, 0.25) is 0 Å². The van der Waals surface area contributed by atoms with Crippen molar-refractivity contribution >= 4 is 43.4 Å². The molecular weight excluding hydrogens is 457 g/mol. The van der Waals surface area contributed by atoms with Gasteiger partial charge in [-0.15, -0.1) is 24.5 Å². The predicted octanol–water partition coefficient (Wildman–Crippen LogP) is 6.49. The van der Waals surface area contributed by atoms with Crippen molar-refractivity contribution < 1.29 is 37.0 Å². The highest BCUT2D eigenvalue weighted by Gasteiger charge is 2.33. The molecule has 0 saturated carbocycles. The van der Waals surface area contributed by atoms with Crippen LogP contribution in [0.4, 0.5) is 13.2 Å². The van der Waals surface area contributed by atoms with E-state index in [4.69, 9.17) is 9.47 Å². The third kappa shape index (κ3) is 5.92. The lowest BCUT2D eigenvalue weighted by Crippen LogP contribution is -2.18. The molecule has 9 heteroatoms. The highest BCUT2D eigenvalue weighted by Crippen LogP contribution is 2.44. The third-order valence-electron chi connectivity index (χ3n) is 4.60. The number of carbonyl (C=O) groups is 2. The van der Waals surface area contributed by atoms with Crippen LogP contribution in [-0.4, -0.2) is 24.9 Å². The van der Waals surface area contributed by atoms with Crippen molar-refractivity contribution in [2.45, 2.75) is 33.1 Å². The Morgan fingerprint density at radius 1 is 1.00 bits per heavy atom. The second-order valence-corrected chi connectivity index (χ2v) is 8.48. The first kappa shape index (κ1) is 24.3. The molecule has 3 aromatic rings. The Bertz CT molecular complexity index is 1260. The van der Waals surface area contributed by atoms with Gasteiger partial charge in [0.05, 0.1) is 11.3 Å². The molecule has 0 amide bonds. The number of thiophene rings is 1. The highest BCUT2D eigenvalue weighted by atomic mass is 32.1. The third-order valence-corrected chi connectivity index (χ3v) is 5.76. The fraction of sp³-hybridized carbons (Fsp3) is 0.250. The van der Waals surface area contributed by atoms with Gasteiger partial charge in [0.15, 0.2) is 0 Å². The Kier molecular flexibility index (Phi) is 7.12. The topological polar surface area (TPSA) is 61.8 Å². The number of hydrogen-bond donors (Lipinski definition) is 0. The Balaban J connectivity index is 1.96. The van der Waals surface area contributed by atoms with Gasteiger partial charge in [-0.2, -0.15) is 0 Å². The van der Waals surface area contributed by atoms with Gasteiger partial charge in [0, 0.05) is 26.6 Å². The van der Waals surface area contributed by atoms with Gasteiger partial charge in [-0.05, 0) is 50.5 Å². The monoisotopic (exact) mass is 478 g/mol. The highest BCUT2D eigenvalue weighted by molar-refractivity contribution is 7.26. The van der Waals surface area contributed by atoms with E-state index in [1.54, 1.807) is 30.3 Å². The van der Waals surface area contributed by atoms with E-state index in [-0.39, 0.29) is 35.7 Å². The minimum absolute atomic E-state index is 0.0407. The lowest BCUT2D eigenvalue weighted by molar-refractivity contribution is -0.274. The molecule has 2 aromatic carbocycles. The van der Waals surface area contributed by atoms with Crippen LogP contribution in [0.3, 0.4) is 0 Å². The smallest absolute Gasteiger partial charge is 0.462 e. The second-order valence-electron chi connectivity index (χ2n) is 7.43. The summed E-state index contributed by atoms with van der Waals surface area (Å²) in [6.45, 7) is 10.1. The zero-order chi connectivity index (χ0) is 24.3. The van der Waals surface area contributed by atoms with E-state index in [9.17, 15) is 22.8 Å². The molecule has 0 bridgehead atoms. The van der Waals surface area contributed by atoms with Gasteiger partial charge in [-0.1, -0.05) is 25.3 Å². The average Bonchev–Trinajstić information content (AvgIpc) is 3.09. The number of alkyl halides is 3. The summed E-state index contributed by atoms with van der Waals surface area (Å²) in [5.74, 6) is -1.16. The van der Waals surface area contributed by atoms with Crippen molar-refractivity contribution in [2.24, 2.45) is 0 Å². The van der Waals surface area contributed by atoms with Crippen LogP contribution in [0.2, 0.25) is 0 Å². The van der Waals surface area contributed by atoms with Crippen LogP contribution in [0.15, 0.2) is 54.6 Å². The maximum atomic E-state index is 13.2. The van der Waals surface area contributed by atoms with Gasteiger partial charge < -0.3 is 14.2 Å². The van der Waals surface area contributed by atoms with E-state index in [1.165, 1.54) is 13.8 Å². The number of esters is 2. The van der Waals surface area contributed by atoms with E-state index in [0.717, 1.165) is 11.3 Å². The zero-order valence-corrected chi connectivity index (χ0v) is 18.8. The average molecular weight is 478 g/mol. The summed E-state index contributed by atoms with van der Waals surface area (Å²) in [5, 5.41) is 1.29. The number of aryl methyl sites for hydroxylation is 1. The van der Waals surface area contributed by atoms with Gasteiger partial charge >= 0.3 is 18.3 Å². The molecular formula is C24H21F3O5S. The molecule has 0 aliphatic heterocycles. The summed E-state index contributed by atoms with van der Waals surface area (Å²) in [4.78, 5) is 23.3. The normalized spacial score (nSPS) is 11.4. The van der Waals surface area contributed by atoms with Crippen LogP contribution in [0.25, 0.3) is 20.2 Å². The molecule has 0 fully saturated rings. The van der Waals surface area contributed by atoms with Crippen molar-refractivity contribution in [2.75, 3.05) is 6.61 Å². The molecule has 0 aliphatic carbocycles. The summed E-state index contributed by atoms with van der Waals surface area (Å²) >= 11 is 1.11. The number of rotatable bonds is 8. The molecule has 0 N–H and O–H groups in total. The van der Waals surface area contributed by atoms with Gasteiger partial charge in [0.1, 0.15) is 11.5 Å². The summed E-state index contributed by atoms with van der Waals surface area (Å²) in [5.41, 5.74) is 0.814. The van der Waals surface area contributed by atoms with Crippen molar-refractivity contribution in [1.29, 1.82) is 0 Å². The van der Waals surface area contributed by atoms with Crippen LogP contribution in [0, 0.1) is 0 Å². The minimum atomic E-state index is -4.88. The first-order valence-corrected chi connectivity index (χ1v) is 10.7. The van der Waals surface area contributed by atoms with E-state index in [0.29, 0.717) is 32.2 Å². The lowest BCUT2D eigenvalue weighted by atomic mass is 10.1. The first-order chi connectivity index (χ1) is 15.5. The summed E-state index contributed by atoms with van der Waals surface area (Å²) in [6.07, 6.45) is -4.36. The molecule has 0 saturated heterocycles. The van der Waals surface area contributed by atoms with E-state index < -0.39 is 18.3 Å². The van der Waals surface area contributed by atoms with Crippen LogP contribution in [0.1, 0.15) is 25.8 Å². The van der Waals surface area contributed by atoms with Gasteiger partial charge in [0.25, 0.3) is 0 Å². The SMILES string of the molecule is C=C(C)C(=O)OCCCc1ccc2c(sc3cc(OC(=O)C(=C)C)ccc32)c1OC(F)(F)F. The quantitative estimate of drug-likeness (QED) is 0.160. The van der Waals surface area contributed by atoms with Crippen molar-refractivity contribution in [3.05, 3.63) is 60.2 Å².